The molecular weight excluding hydrogens is 120 g/mol. The van der Waals surface area contributed by atoms with Gasteiger partial charge in [-0.3, -0.25) is 0 Å². The van der Waals surface area contributed by atoms with Crippen LogP contribution in [-0.2, 0) is 8.37 Å². The molecule has 0 atom stereocenters. The molecule has 0 aliphatic carbocycles. The minimum absolute atomic E-state index is 1.20. The molecule has 0 aromatic carbocycles. The Hall–Kier alpha value is 0.620. The topological polar surface area (TPSA) is 18.5 Å². The average Bonchev–Trinajstić information content (AvgIpc) is 1.61. The summed E-state index contributed by atoms with van der Waals surface area (Å²) in [6, 6.07) is 0. The third kappa shape index (κ3) is 4.62. The summed E-state index contributed by atoms with van der Waals surface area (Å²) < 4.78 is 9.07. The molecule has 4 heteroatoms. The lowest BCUT2D eigenvalue weighted by Crippen LogP contribution is -1.59. The third-order valence-electron chi connectivity index (χ3n) is 0.164. The van der Waals surface area contributed by atoms with E-state index in [0.717, 1.165) is 0 Å². The molecule has 0 radical (unpaired) electrons. The van der Waals surface area contributed by atoms with Gasteiger partial charge in [-0.05, 0) is 0 Å². The largest absolute Gasteiger partial charge is 0.307 e. The van der Waals surface area contributed by atoms with Gasteiger partial charge in [0.25, 0.3) is 0 Å². The van der Waals surface area contributed by atoms with Crippen molar-refractivity contribution in [3.05, 3.63) is 0 Å². The van der Waals surface area contributed by atoms with Crippen molar-refractivity contribution in [2.24, 2.45) is 0 Å². The van der Waals surface area contributed by atoms with Gasteiger partial charge in [0.15, 0.2) is 0 Å². The van der Waals surface area contributed by atoms with Crippen LogP contribution in [0.1, 0.15) is 0 Å². The molecule has 38 valence electrons. The summed E-state index contributed by atoms with van der Waals surface area (Å²) in [4.78, 5) is 0. The summed E-state index contributed by atoms with van der Waals surface area (Å²) in [7, 11) is 3.19. The SMILES string of the molecule is COSSOC. The molecule has 0 amide bonds. The smallest absolute Gasteiger partial charge is 0.0922 e. The summed E-state index contributed by atoms with van der Waals surface area (Å²) in [5, 5.41) is 0. The Morgan fingerprint density at radius 1 is 1.00 bits per heavy atom. The first-order valence-corrected chi connectivity index (χ1v) is 3.32. The van der Waals surface area contributed by atoms with Crippen molar-refractivity contribution < 1.29 is 8.37 Å². The van der Waals surface area contributed by atoms with Gasteiger partial charge in [-0.15, -0.1) is 0 Å². The van der Waals surface area contributed by atoms with Crippen molar-refractivity contribution >= 4 is 22.1 Å². The van der Waals surface area contributed by atoms with Crippen molar-refractivity contribution in [2.75, 3.05) is 14.2 Å². The van der Waals surface area contributed by atoms with Crippen molar-refractivity contribution in [3.8, 4) is 0 Å². The second-order valence-electron chi connectivity index (χ2n) is 0.469. The molecule has 0 saturated heterocycles. The highest BCUT2D eigenvalue weighted by molar-refractivity contribution is 8.73. The minimum atomic E-state index is 1.20. The van der Waals surface area contributed by atoms with Gasteiger partial charge in [-0.25, -0.2) is 0 Å². The van der Waals surface area contributed by atoms with E-state index in [0.29, 0.717) is 0 Å². The Bertz CT molecular complexity index is 21.5. The third-order valence-corrected chi connectivity index (χ3v) is 1.47. The Morgan fingerprint density at radius 2 is 1.33 bits per heavy atom. The van der Waals surface area contributed by atoms with Gasteiger partial charge in [-0.1, -0.05) is 0 Å². The van der Waals surface area contributed by atoms with E-state index in [4.69, 9.17) is 0 Å². The number of hydrogen-bond donors (Lipinski definition) is 0. The van der Waals surface area contributed by atoms with Crippen LogP contribution in [0.5, 0.6) is 0 Å². The van der Waals surface area contributed by atoms with Crippen LogP contribution >= 0.6 is 22.1 Å². The molecule has 0 heterocycles. The fourth-order valence-corrected chi connectivity index (χ4v) is 0.500. The van der Waals surface area contributed by atoms with Crippen molar-refractivity contribution in [1.29, 1.82) is 0 Å². The van der Waals surface area contributed by atoms with Crippen LogP contribution in [0.15, 0.2) is 0 Å². The molecule has 0 aliphatic heterocycles. The van der Waals surface area contributed by atoms with Crippen LogP contribution in [0.3, 0.4) is 0 Å². The predicted molar refractivity (Wildman–Crippen MR) is 29.2 cm³/mol. The molecular formula is C2H6O2S2. The second kappa shape index (κ2) is 5.62. The zero-order valence-electron chi connectivity index (χ0n) is 3.63. The van der Waals surface area contributed by atoms with E-state index in [1.807, 2.05) is 0 Å². The lowest BCUT2D eigenvalue weighted by atomic mass is 11.8. The van der Waals surface area contributed by atoms with Crippen LogP contribution in [0.25, 0.3) is 0 Å². The monoisotopic (exact) mass is 126 g/mol. The van der Waals surface area contributed by atoms with Crippen LogP contribution < -0.4 is 0 Å². The van der Waals surface area contributed by atoms with Gasteiger partial charge < -0.3 is 8.37 Å². The number of hydrogen-bond acceptors (Lipinski definition) is 4. The molecule has 0 bridgehead atoms. The van der Waals surface area contributed by atoms with Gasteiger partial charge in [0.1, 0.15) is 0 Å². The van der Waals surface area contributed by atoms with E-state index < -0.39 is 0 Å². The average molecular weight is 126 g/mol. The van der Waals surface area contributed by atoms with E-state index in [9.17, 15) is 0 Å². The van der Waals surface area contributed by atoms with Crippen molar-refractivity contribution in [1.82, 2.24) is 0 Å². The lowest BCUT2D eigenvalue weighted by molar-refractivity contribution is 0.481. The molecule has 0 rings (SSSR count). The van der Waals surface area contributed by atoms with E-state index in [-0.39, 0.29) is 0 Å². The Labute approximate surface area is 45.4 Å². The first-order valence-electron chi connectivity index (χ1n) is 1.32. The zero-order chi connectivity index (χ0) is 4.83. The summed E-state index contributed by atoms with van der Waals surface area (Å²) >= 11 is 2.41. The molecule has 0 N–H and O–H groups in total. The Balaban J connectivity index is 2.34. The van der Waals surface area contributed by atoms with E-state index in [1.54, 1.807) is 14.2 Å². The highest BCUT2D eigenvalue weighted by atomic mass is 33.1. The number of rotatable bonds is 3. The summed E-state index contributed by atoms with van der Waals surface area (Å²) in [5.41, 5.74) is 0. The Kier molecular flexibility index (Phi) is 6.20. The second-order valence-corrected chi connectivity index (χ2v) is 2.22. The standard InChI is InChI=1S/C2H6O2S2/c1-3-5-6-4-2/h1-2H3. The summed E-state index contributed by atoms with van der Waals surface area (Å²) in [6.45, 7) is 0. The Morgan fingerprint density at radius 3 is 1.50 bits per heavy atom. The summed E-state index contributed by atoms with van der Waals surface area (Å²) in [5.74, 6) is 0. The van der Waals surface area contributed by atoms with E-state index >= 15 is 0 Å². The highest BCUT2D eigenvalue weighted by Crippen LogP contribution is 2.19. The highest BCUT2D eigenvalue weighted by Gasteiger charge is 1.77. The molecule has 0 fully saturated rings. The van der Waals surface area contributed by atoms with Crippen LogP contribution in [0.4, 0.5) is 0 Å². The maximum atomic E-state index is 4.54. The quantitative estimate of drug-likeness (QED) is 0.324. The fraction of sp³-hybridized carbons (Fsp3) is 1.00. The first-order chi connectivity index (χ1) is 2.91. The molecule has 2 nitrogen and oxygen atoms in total. The molecule has 0 unspecified atom stereocenters. The maximum absolute atomic E-state index is 4.54. The van der Waals surface area contributed by atoms with Gasteiger partial charge in [0, 0.05) is 0 Å². The molecule has 0 aromatic rings. The molecule has 0 saturated carbocycles. The van der Waals surface area contributed by atoms with E-state index in [2.05, 4.69) is 8.37 Å². The van der Waals surface area contributed by atoms with E-state index in [1.165, 1.54) is 22.1 Å². The summed E-state index contributed by atoms with van der Waals surface area (Å²) in [6.07, 6.45) is 0. The van der Waals surface area contributed by atoms with Gasteiger partial charge in [0.05, 0.1) is 36.4 Å². The predicted octanol–water partition coefficient (Wildman–Crippen LogP) is 1.49. The van der Waals surface area contributed by atoms with Crippen LogP contribution in [-0.4, -0.2) is 14.2 Å². The normalized spacial score (nSPS) is 9.00. The zero-order valence-corrected chi connectivity index (χ0v) is 5.27. The van der Waals surface area contributed by atoms with Crippen LogP contribution in [0, 0.1) is 0 Å². The molecule has 6 heavy (non-hydrogen) atoms. The minimum Gasteiger partial charge on any atom is -0.307 e. The van der Waals surface area contributed by atoms with Gasteiger partial charge in [0.2, 0.25) is 0 Å². The van der Waals surface area contributed by atoms with Crippen molar-refractivity contribution in [2.45, 2.75) is 0 Å². The van der Waals surface area contributed by atoms with Crippen LogP contribution in [0.2, 0.25) is 0 Å². The van der Waals surface area contributed by atoms with Gasteiger partial charge >= 0.3 is 0 Å². The first kappa shape index (κ1) is 6.62. The molecule has 0 aromatic heterocycles. The van der Waals surface area contributed by atoms with Crippen molar-refractivity contribution in [3.63, 3.8) is 0 Å². The molecule has 0 spiro atoms. The maximum Gasteiger partial charge on any atom is 0.0922 e. The molecule has 0 aliphatic rings. The fourth-order valence-electron chi connectivity index (χ4n) is 0.0556. The lowest BCUT2D eigenvalue weighted by Gasteiger charge is -1.87. The van der Waals surface area contributed by atoms with Gasteiger partial charge in [-0.2, -0.15) is 0 Å².